The lowest BCUT2D eigenvalue weighted by atomic mass is 9.57. The summed E-state index contributed by atoms with van der Waals surface area (Å²) in [6.07, 6.45) is 6.18. The molecule has 146 valence electrons. The largest absolute Gasteiger partial charge is 0.456 e. The summed E-state index contributed by atoms with van der Waals surface area (Å²) in [6.45, 7) is 6.57. The Bertz CT molecular complexity index is 748. The fraction of sp³-hybridized carbons (Fsp3) is 0.727. The van der Waals surface area contributed by atoms with E-state index in [-0.39, 0.29) is 12.4 Å². The molecule has 4 aliphatic heterocycles. The Balaban J connectivity index is 1.44. The Morgan fingerprint density at radius 1 is 1.15 bits per heavy atom. The highest BCUT2D eigenvalue weighted by molar-refractivity contribution is 5.24. The van der Waals surface area contributed by atoms with Gasteiger partial charge in [0.05, 0.1) is 12.4 Å². The van der Waals surface area contributed by atoms with E-state index in [9.17, 15) is 0 Å². The van der Waals surface area contributed by atoms with Crippen LogP contribution in [0.1, 0.15) is 58.6 Å². The van der Waals surface area contributed by atoms with Crippen molar-refractivity contribution in [2.24, 2.45) is 23.7 Å². The fourth-order valence-corrected chi connectivity index (χ4v) is 5.80. The van der Waals surface area contributed by atoms with E-state index in [2.05, 4.69) is 25.7 Å². The third-order valence-electron chi connectivity index (χ3n) is 7.33. The molecule has 5 aliphatic rings. The molecule has 2 bridgehead atoms. The molecule has 5 fully saturated rings. The second kappa shape index (κ2) is 6.35. The van der Waals surface area contributed by atoms with Crippen molar-refractivity contribution in [3.05, 3.63) is 24.2 Å². The maximum Gasteiger partial charge on any atom is 0.201 e. The van der Waals surface area contributed by atoms with Crippen LogP contribution in [0.4, 0.5) is 0 Å². The molecule has 0 N–H and O–H groups in total. The van der Waals surface area contributed by atoms with Crippen molar-refractivity contribution in [3.63, 3.8) is 0 Å². The number of fused-ring (bicyclic) bond motifs is 2. The molecule has 8 atom stereocenters. The summed E-state index contributed by atoms with van der Waals surface area (Å²) in [5.74, 6) is 7.97. The van der Waals surface area contributed by atoms with Crippen molar-refractivity contribution in [1.29, 1.82) is 0 Å². The average molecular weight is 372 g/mol. The molecule has 0 aromatic carbocycles. The van der Waals surface area contributed by atoms with Gasteiger partial charge in [0, 0.05) is 18.8 Å². The molecule has 27 heavy (non-hydrogen) atoms. The minimum Gasteiger partial charge on any atom is -0.456 e. The summed E-state index contributed by atoms with van der Waals surface area (Å²) in [5, 5.41) is 0. The number of furan rings is 1. The lowest BCUT2D eigenvalue weighted by molar-refractivity contribution is -0.570. The van der Waals surface area contributed by atoms with Gasteiger partial charge in [-0.25, -0.2) is 9.78 Å². The van der Waals surface area contributed by atoms with Crippen LogP contribution < -0.4 is 0 Å². The first kappa shape index (κ1) is 17.8. The zero-order valence-corrected chi connectivity index (χ0v) is 16.3. The minimum absolute atomic E-state index is 0.0219. The van der Waals surface area contributed by atoms with Crippen LogP contribution in [-0.2, 0) is 19.2 Å². The number of rotatable bonds is 1. The predicted octanol–water partition coefficient (Wildman–Crippen LogP) is 4.27. The third kappa shape index (κ3) is 2.69. The van der Waals surface area contributed by atoms with E-state index < -0.39 is 11.4 Å². The van der Waals surface area contributed by atoms with Crippen molar-refractivity contribution in [1.82, 2.24) is 0 Å². The monoisotopic (exact) mass is 372 g/mol. The van der Waals surface area contributed by atoms with Crippen LogP contribution in [0.15, 0.2) is 22.8 Å². The van der Waals surface area contributed by atoms with E-state index in [1.165, 1.54) is 6.42 Å². The van der Waals surface area contributed by atoms with Gasteiger partial charge in [0.25, 0.3) is 0 Å². The smallest absolute Gasteiger partial charge is 0.201 e. The van der Waals surface area contributed by atoms with Gasteiger partial charge in [0.15, 0.2) is 17.7 Å². The number of hydrogen-bond donors (Lipinski definition) is 0. The molecule has 3 unspecified atom stereocenters. The molecule has 4 saturated heterocycles. The maximum atomic E-state index is 6.52. The van der Waals surface area contributed by atoms with E-state index >= 15 is 0 Å². The molecule has 1 aliphatic carbocycles. The zero-order valence-electron chi connectivity index (χ0n) is 16.3. The van der Waals surface area contributed by atoms with Gasteiger partial charge in [-0.2, -0.15) is 0 Å². The molecule has 1 spiro atoms. The Morgan fingerprint density at radius 2 is 2.04 bits per heavy atom. The fourth-order valence-electron chi connectivity index (χ4n) is 5.80. The molecule has 5 nitrogen and oxygen atoms in total. The van der Waals surface area contributed by atoms with Crippen LogP contribution in [0.2, 0.25) is 0 Å². The van der Waals surface area contributed by atoms with Gasteiger partial charge in [0.2, 0.25) is 5.79 Å². The zero-order chi connectivity index (χ0) is 18.6. The second-order valence-corrected chi connectivity index (χ2v) is 8.93. The third-order valence-corrected chi connectivity index (χ3v) is 7.33. The Morgan fingerprint density at radius 3 is 2.85 bits per heavy atom. The molecule has 1 aromatic rings. The second-order valence-electron chi connectivity index (χ2n) is 8.93. The average Bonchev–Trinajstić information content (AvgIpc) is 3.06. The van der Waals surface area contributed by atoms with Crippen LogP contribution >= 0.6 is 0 Å². The summed E-state index contributed by atoms with van der Waals surface area (Å²) in [4.78, 5) is 12.0. The van der Waals surface area contributed by atoms with Crippen LogP contribution in [0.5, 0.6) is 0 Å². The summed E-state index contributed by atoms with van der Waals surface area (Å²) < 4.78 is 18.2. The van der Waals surface area contributed by atoms with Crippen LogP contribution in [0.25, 0.3) is 0 Å². The molecular formula is C22H28O5. The molecule has 1 saturated carbocycles. The quantitative estimate of drug-likeness (QED) is 0.544. The number of hydrogen-bond acceptors (Lipinski definition) is 5. The maximum absolute atomic E-state index is 6.52. The molecule has 1 aromatic heterocycles. The van der Waals surface area contributed by atoms with E-state index in [4.69, 9.17) is 23.7 Å². The lowest BCUT2D eigenvalue weighted by Crippen LogP contribution is -2.70. The Kier molecular flexibility index (Phi) is 4.18. The van der Waals surface area contributed by atoms with E-state index in [0.717, 1.165) is 19.3 Å². The molecule has 5 heteroatoms. The van der Waals surface area contributed by atoms with E-state index in [1.807, 2.05) is 19.1 Å². The van der Waals surface area contributed by atoms with Crippen molar-refractivity contribution < 1.29 is 23.7 Å². The van der Waals surface area contributed by atoms with E-state index in [1.54, 1.807) is 6.26 Å². The van der Waals surface area contributed by atoms with Crippen LogP contribution in [0, 0.1) is 35.5 Å². The standard InChI is InChI=1S/C22H28O5/c1-14-9-10-18-15(2)19(8-4-6-16-7-5-13-23-16)24-20-22(18)17(14)11-12-21(3,25-20)26-27-22/h5,7,13-15,17-20H,8-12H2,1-3H3/t14-,15-,17?,18?,19-,20-,21?,22-/m1/s1. The van der Waals surface area contributed by atoms with E-state index in [0.29, 0.717) is 35.9 Å². The van der Waals surface area contributed by atoms with Gasteiger partial charge in [-0.1, -0.05) is 19.8 Å². The first-order valence-electron chi connectivity index (χ1n) is 10.2. The summed E-state index contributed by atoms with van der Waals surface area (Å²) in [5.41, 5.74) is -0.488. The van der Waals surface area contributed by atoms with Gasteiger partial charge >= 0.3 is 0 Å². The predicted molar refractivity (Wildman–Crippen MR) is 97.0 cm³/mol. The highest BCUT2D eigenvalue weighted by atomic mass is 17.3. The molecule has 5 heterocycles. The van der Waals surface area contributed by atoms with Gasteiger partial charge in [0.1, 0.15) is 0 Å². The van der Waals surface area contributed by atoms with Crippen LogP contribution in [0.3, 0.4) is 0 Å². The topological polar surface area (TPSA) is 50.1 Å². The van der Waals surface area contributed by atoms with Crippen molar-refractivity contribution in [2.75, 3.05) is 0 Å². The molecule has 6 rings (SSSR count). The van der Waals surface area contributed by atoms with Gasteiger partial charge in [-0.05, 0) is 62.0 Å². The Hall–Kier alpha value is -1.32. The van der Waals surface area contributed by atoms with Crippen LogP contribution in [-0.4, -0.2) is 23.8 Å². The van der Waals surface area contributed by atoms with Gasteiger partial charge < -0.3 is 13.9 Å². The van der Waals surface area contributed by atoms with Crippen molar-refractivity contribution >= 4 is 0 Å². The highest BCUT2D eigenvalue weighted by Gasteiger charge is 2.69. The van der Waals surface area contributed by atoms with Gasteiger partial charge in [-0.15, -0.1) is 0 Å². The summed E-state index contributed by atoms with van der Waals surface area (Å²) in [6, 6.07) is 3.73. The normalized spacial score (nSPS) is 48.3. The van der Waals surface area contributed by atoms with Crippen molar-refractivity contribution in [3.8, 4) is 11.8 Å². The van der Waals surface area contributed by atoms with Crippen molar-refractivity contribution in [2.45, 2.75) is 76.7 Å². The molecule has 0 amide bonds. The SMILES string of the molecule is C[C@@H]1CCC2[C@@H](C)[C@@H](CC#Cc3ccco3)O[C@@H]3OC4(C)CCC1[C@@]23OO4. The minimum atomic E-state index is -0.720. The molecular weight excluding hydrogens is 344 g/mol. The number of ether oxygens (including phenoxy) is 2. The first-order valence-corrected chi connectivity index (χ1v) is 10.2. The summed E-state index contributed by atoms with van der Waals surface area (Å²) in [7, 11) is 0. The van der Waals surface area contributed by atoms with Gasteiger partial charge in [-0.3, -0.25) is 0 Å². The summed E-state index contributed by atoms with van der Waals surface area (Å²) >= 11 is 0. The molecule has 0 radical (unpaired) electrons. The highest BCUT2D eigenvalue weighted by Crippen LogP contribution is 2.60. The lowest BCUT2D eigenvalue weighted by Gasteiger charge is -2.60. The first-order chi connectivity index (χ1) is 13.0. The Labute approximate surface area is 160 Å².